The van der Waals surface area contributed by atoms with Gasteiger partial charge in [-0.05, 0) is 23.6 Å². The summed E-state index contributed by atoms with van der Waals surface area (Å²) in [7, 11) is 0. The van der Waals surface area contributed by atoms with Gasteiger partial charge in [0.15, 0.2) is 0 Å². The average molecular weight is 262 g/mol. The van der Waals surface area contributed by atoms with Crippen LogP contribution in [0.2, 0.25) is 0 Å². The molecule has 20 heavy (non-hydrogen) atoms. The summed E-state index contributed by atoms with van der Waals surface area (Å²) in [5, 5.41) is 1.26. The van der Waals surface area contributed by atoms with Gasteiger partial charge in [0.05, 0.1) is 0 Å². The summed E-state index contributed by atoms with van der Waals surface area (Å²) >= 11 is 0. The number of fused-ring (bicyclic) bond motifs is 1. The lowest BCUT2D eigenvalue weighted by atomic mass is 9.90. The van der Waals surface area contributed by atoms with E-state index in [9.17, 15) is 0 Å². The predicted octanol–water partition coefficient (Wildman–Crippen LogP) is 3.97. The van der Waals surface area contributed by atoms with E-state index >= 15 is 0 Å². The van der Waals surface area contributed by atoms with Crippen LogP contribution in [0, 0.1) is 0 Å². The second kappa shape index (κ2) is 5.25. The minimum atomic E-state index is 0.149. The second-order valence-electron chi connectivity index (χ2n) is 5.10. The number of benzene rings is 2. The molecule has 0 aliphatic rings. The highest BCUT2D eigenvalue weighted by molar-refractivity contribution is 5.83. The van der Waals surface area contributed by atoms with Crippen molar-refractivity contribution < 1.29 is 0 Å². The first-order valence-corrected chi connectivity index (χ1v) is 6.80. The summed E-state index contributed by atoms with van der Waals surface area (Å²) in [5.74, 6) is 0.149. The standard InChI is InChI=1S/C18H18N2/c1-13(19)17(14-7-3-2-4-8-14)11-15-12-20-18-10-6-5-9-16(15)18/h2-10,12,17,20H,1,11,19H2. The number of nitrogens with one attached hydrogen (secondary N) is 1. The first kappa shape index (κ1) is 12.5. The van der Waals surface area contributed by atoms with Crippen molar-refractivity contribution >= 4 is 10.9 Å². The number of nitrogens with two attached hydrogens (primary N) is 1. The monoisotopic (exact) mass is 262 g/mol. The Hall–Kier alpha value is -2.48. The molecule has 0 amide bonds. The number of allylic oxidation sites excluding steroid dienone is 1. The molecule has 1 heterocycles. The van der Waals surface area contributed by atoms with Gasteiger partial charge in [-0.2, -0.15) is 0 Å². The minimum absolute atomic E-state index is 0.149. The number of H-pyrrole nitrogens is 1. The third kappa shape index (κ3) is 2.32. The molecule has 0 saturated heterocycles. The molecule has 0 aliphatic heterocycles. The predicted molar refractivity (Wildman–Crippen MR) is 84.5 cm³/mol. The molecule has 0 fully saturated rings. The number of rotatable bonds is 4. The molecule has 0 spiro atoms. The van der Waals surface area contributed by atoms with Gasteiger partial charge >= 0.3 is 0 Å². The Balaban J connectivity index is 1.97. The molecule has 0 saturated carbocycles. The molecule has 0 bridgehead atoms. The summed E-state index contributed by atoms with van der Waals surface area (Å²) < 4.78 is 0. The molecule has 0 radical (unpaired) electrons. The maximum absolute atomic E-state index is 6.02. The highest BCUT2D eigenvalue weighted by atomic mass is 14.7. The lowest BCUT2D eigenvalue weighted by molar-refractivity contribution is 0.783. The van der Waals surface area contributed by atoms with Crippen molar-refractivity contribution in [3.05, 3.63) is 84.2 Å². The maximum atomic E-state index is 6.02. The fraction of sp³-hybridized carbons (Fsp3) is 0.111. The normalized spacial score (nSPS) is 12.4. The molecule has 2 nitrogen and oxygen atoms in total. The largest absolute Gasteiger partial charge is 0.402 e. The van der Waals surface area contributed by atoms with E-state index < -0.39 is 0 Å². The third-order valence-electron chi connectivity index (χ3n) is 3.75. The van der Waals surface area contributed by atoms with Crippen molar-refractivity contribution in [2.45, 2.75) is 12.3 Å². The van der Waals surface area contributed by atoms with Crippen LogP contribution in [0.1, 0.15) is 17.0 Å². The zero-order valence-electron chi connectivity index (χ0n) is 11.3. The van der Waals surface area contributed by atoms with Crippen LogP contribution in [-0.2, 0) is 6.42 Å². The van der Waals surface area contributed by atoms with Crippen LogP contribution < -0.4 is 5.73 Å². The van der Waals surface area contributed by atoms with E-state index in [4.69, 9.17) is 5.73 Å². The van der Waals surface area contributed by atoms with Crippen molar-refractivity contribution in [1.82, 2.24) is 4.98 Å². The molecule has 3 N–H and O–H groups in total. The maximum Gasteiger partial charge on any atom is 0.0456 e. The summed E-state index contributed by atoms with van der Waals surface area (Å²) in [5.41, 5.74) is 10.4. The van der Waals surface area contributed by atoms with Gasteiger partial charge in [-0.25, -0.2) is 0 Å². The van der Waals surface area contributed by atoms with Gasteiger partial charge < -0.3 is 10.7 Å². The van der Waals surface area contributed by atoms with Crippen LogP contribution in [0.15, 0.2) is 73.1 Å². The molecule has 3 aromatic rings. The number of hydrogen-bond acceptors (Lipinski definition) is 1. The number of hydrogen-bond donors (Lipinski definition) is 2. The van der Waals surface area contributed by atoms with E-state index in [-0.39, 0.29) is 5.92 Å². The Labute approximate surface area is 118 Å². The average Bonchev–Trinajstić information content (AvgIpc) is 2.88. The van der Waals surface area contributed by atoms with Crippen LogP contribution in [0.4, 0.5) is 0 Å². The highest BCUT2D eigenvalue weighted by Gasteiger charge is 2.15. The van der Waals surface area contributed by atoms with Crippen LogP contribution in [0.5, 0.6) is 0 Å². The van der Waals surface area contributed by atoms with Gasteiger partial charge in [-0.15, -0.1) is 0 Å². The second-order valence-corrected chi connectivity index (χ2v) is 5.10. The van der Waals surface area contributed by atoms with Crippen molar-refractivity contribution in [2.75, 3.05) is 0 Å². The fourth-order valence-electron chi connectivity index (χ4n) is 2.67. The van der Waals surface area contributed by atoms with Crippen LogP contribution in [-0.4, -0.2) is 4.98 Å². The molecule has 100 valence electrons. The van der Waals surface area contributed by atoms with Crippen molar-refractivity contribution in [2.24, 2.45) is 5.73 Å². The first-order chi connectivity index (χ1) is 9.75. The number of para-hydroxylation sites is 1. The van der Waals surface area contributed by atoms with E-state index in [1.807, 2.05) is 24.3 Å². The van der Waals surface area contributed by atoms with Gasteiger partial charge in [0.2, 0.25) is 0 Å². The van der Waals surface area contributed by atoms with Crippen LogP contribution in [0.3, 0.4) is 0 Å². The zero-order valence-corrected chi connectivity index (χ0v) is 11.3. The molecule has 3 rings (SSSR count). The smallest absolute Gasteiger partial charge is 0.0456 e. The van der Waals surface area contributed by atoms with Crippen molar-refractivity contribution in [1.29, 1.82) is 0 Å². The SMILES string of the molecule is C=C(N)C(Cc1c[nH]c2ccccc12)c1ccccc1. The van der Waals surface area contributed by atoms with Crippen LogP contribution in [0.25, 0.3) is 10.9 Å². The van der Waals surface area contributed by atoms with E-state index in [1.165, 1.54) is 16.5 Å². The third-order valence-corrected chi connectivity index (χ3v) is 3.75. The van der Waals surface area contributed by atoms with Gasteiger partial charge in [0, 0.05) is 28.7 Å². The quantitative estimate of drug-likeness (QED) is 0.734. The lowest BCUT2D eigenvalue weighted by Gasteiger charge is -2.17. The summed E-state index contributed by atoms with van der Waals surface area (Å²) in [6.07, 6.45) is 2.94. The minimum Gasteiger partial charge on any atom is -0.402 e. The Morgan fingerprint density at radius 2 is 1.75 bits per heavy atom. The van der Waals surface area contributed by atoms with Gasteiger partial charge in [0.1, 0.15) is 0 Å². The van der Waals surface area contributed by atoms with Crippen LogP contribution >= 0.6 is 0 Å². The molecular weight excluding hydrogens is 244 g/mol. The van der Waals surface area contributed by atoms with Gasteiger partial charge in [-0.1, -0.05) is 55.1 Å². The van der Waals surface area contributed by atoms with Crippen molar-refractivity contribution in [3.63, 3.8) is 0 Å². The molecular formula is C18H18N2. The lowest BCUT2D eigenvalue weighted by Crippen LogP contribution is -2.11. The summed E-state index contributed by atoms with van der Waals surface area (Å²) in [4.78, 5) is 3.31. The summed E-state index contributed by atoms with van der Waals surface area (Å²) in [6.45, 7) is 3.96. The van der Waals surface area contributed by atoms with E-state index in [1.54, 1.807) is 0 Å². The molecule has 1 atom stereocenters. The Morgan fingerprint density at radius 3 is 2.50 bits per heavy atom. The number of aromatic nitrogens is 1. The molecule has 0 aliphatic carbocycles. The molecule has 2 heteroatoms. The zero-order chi connectivity index (χ0) is 13.9. The van der Waals surface area contributed by atoms with E-state index in [0.29, 0.717) is 5.70 Å². The molecule has 2 aromatic carbocycles. The first-order valence-electron chi connectivity index (χ1n) is 6.80. The van der Waals surface area contributed by atoms with Gasteiger partial charge in [-0.3, -0.25) is 0 Å². The van der Waals surface area contributed by atoms with E-state index in [0.717, 1.165) is 11.9 Å². The van der Waals surface area contributed by atoms with E-state index in [2.05, 4.69) is 48.1 Å². The topological polar surface area (TPSA) is 41.8 Å². The Kier molecular flexibility index (Phi) is 3.30. The fourth-order valence-corrected chi connectivity index (χ4v) is 2.67. The van der Waals surface area contributed by atoms with Crippen molar-refractivity contribution in [3.8, 4) is 0 Å². The number of aromatic amines is 1. The Morgan fingerprint density at radius 1 is 1.05 bits per heavy atom. The van der Waals surface area contributed by atoms with Gasteiger partial charge in [0.25, 0.3) is 0 Å². The molecule has 1 unspecified atom stereocenters. The Bertz CT molecular complexity index is 725. The highest BCUT2D eigenvalue weighted by Crippen LogP contribution is 2.28. The summed E-state index contributed by atoms with van der Waals surface area (Å²) in [6, 6.07) is 18.7. The molecule has 1 aromatic heterocycles.